The molecule has 0 aromatic heterocycles. The van der Waals surface area contributed by atoms with Crippen LogP contribution in [0.2, 0.25) is 0 Å². The molecule has 0 saturated heterocycles. The molecule has 16 heteroatoms. The number of carbonyl (C=O) groups is 3. The van der Waals surface area contributed by atoms with E-state index in [-0.39, 0.29) is 26.4 Å². The summed E-state index contributed by atoms with van der Waals surface area (Å²) in [6, 6.07) is 0. The number of ether oxygens (including phenoxy) is 5. The van der Waals surface area contributed by atoms with E-state index >= 15 is 0 Å². The lowest BCUT2D eigenvalue weighted by Crippen LogP contribution is -2.50. The second kappa shape index (κ2) is 28.4. The van der Waals surface area contributed by atoms with Crippen LogP contribution in [0.3, 0.4) is 0 Å². The molecule has 1 unspecified atom stereocenters. The van der Waals surface area contributed by atoms with Gasteiger partial charge in [0.2, 0.25) is 11.6 Å². The Morgan fingerprint density at radius 1 is 0.520 bits per heavy atom. The zero-order chi connectivity index (χ0) is 37.7. The number of alkyl halides is 8. The molecule has 0 aliphatic rings. The molecule has 0 fully saturated rings. The molecule has 8 nitrogen and oxygen atoms in total. The lowest BCUT2D eigenvalue weighted by Gasteiger charge is -2.23. The molecule has 0 spiro atoms. The van der Waals surface area contributed by atoms with Crippen molar-refractivity contribution in [3.05, 3.63) is 12.2 Å². The second-order valence-corrected chi connectivity index (χ2v) is 11.7. The fourth-order valence-corrected chi connectivity index (χ4v) is 4.60. The van der Waals surface area contributed by atoms with Gasteiger partial charge in [-0.05, 0) is 12.8 Å². The summed E-state index contributed by atoms with van der Waals surface area (Å²) in [6.45, 7) is 4.37. The predicted octanol–water partition coefficient (Wildman–Crippen LogP) is 8.54. The molecule has 0 aliphatic heterocycles. The maximum Gasteiger partial charge on any atom is 0.461 e. The summed E-state index contributed by atoms with van der Waals surface area (Å²) in [7, 11) is 0. The van der Waals surface area contributed by atoms with Gasteiger partial charge in [0.15, 0.2) is 0 Å². The number of carbonyl (C=O) groups excluding carboxylic acids is 3. The van der Waals surface area contributed by atoms with Crippen LogP contribution in [0.1, 0.15) is 103 Å². The number of allylic oxidation sites excluding steroid dienone is 1. The molecule has 0 amide bonds. The first-order valence-corrected chi connectivity index (χ1v) is 17.4. The van der Waals surface area contributed by atoms with Crippen LogP contribution >= 0.6 is 0 Å². The minimum atomic E-state index is -6.52. The molecule has 0 rings (SSSR count). The van der Waals surface area contributed by atoms with Crippen LogP contribution in [0.5, 0.6) is 0 Å². The van der Waals surface area contributed by atoms with Gasteiger partial charge in [-0.3, -0.25) is 9.59 Å². The van der Waals surface area contributed by atoms with Gasteiger partial charge >= 0.3 is 24.2 Å². The first-order chi connectivity index (χ1) is 23.7. The molecule has 0 saturated carbocycles. The topological polar surface area (TPSA) is 97.4 Å². The number of hydrogen-bond acceptors (Lipinski definition) is 8. The van der Waals surface area contributed by atoms with Gasteiger partial charge in [0.1, 0.15) is 6.61 Å². The van der Waals surface area contributed by atoms with Crippen molar-refractivity contribution >= 4 is 17.5 Å². The third-order valence-electron chi connectivity index (χ3n) is 7.43. The van der Waals surface area contributed by atoms with Gasteiger partial charge < -0.3 is 23.7 Å². The molecule has 294 valence electrons. The fourth-order valence-electron chi connectivity index (χ4n) is 4.60. The van der Waals surface area contributed by atoms with Gasteiger partial charge in [-0.15, -0.1) is 0 Å². The van der Waals surface area contributed by atoms with Crippen molar-refractivity contribution in [3.8, 4) is 0 Å². The maximum absolute atomic E-state index is 13.3. The van der Waals surface area contributed by atoms with Crippen LogP contribution in [-0.4, -0.2) is 95.3 Å². The van der Waals surface area contributed by atoms with E-state index in [9.17, 15) is 49.5 Å². The van der Waals surface area contributed by atoms with Crippen LogP contribution in [0, 0.1) is 5.92 Å². The zero-order valence-corrected chi connectivity index (χ0v) is 29.0. The first-order valence-electron chi connectivity index (χ1n) is 17.4. The summed E-state index contributed by atoms with van der Waals surface area (Å²) in [5, 5.41) is 0. The fraction of sp³-hybridized carbons (Fsp3) is 0.853. The highest BCUT2D eigenvalue weighted by Gasteiger charge is 2.66. The molecule has 1 atom stereocenters. The summed E-state index contributed by atoms with van der Waals surface area (Å²) in [5.41, 5.74) is 0. The van der Waals surface area contributed by atoms with E-state index in [1.54, 1.807) is 0 Å². The molecule has 0 radical (unpaired) electrons. The number of hydrogen-bond donors (Lipinski definition) is 0. The van der Waals surface area contributed by atoms with Crippen LogP contribution in [0.4, 0.5) is 35.1 Å². The van der Waals surface area contributed by atoms with Crippen molar-refractivity contribution < 1.29 is 73.2 Å². The lowest BCUT2D eigenvalue weighted by molar-refractivity contribution is -0.270. The standard InChI is InChI=1S/C34H54F8O8/c1-2-3-4-5-6-7-8-9-10-11-12-13-14-15-19-46-20-21-47-22-23-48-24-25-49-26-27-50-29(43)18-16-17-28(31(45)33(37,38)39)30(44)32(35,36)34(40,41)42/h16,18,28H,2-15,17,19-27H2,1H3/b18-16+. The highest BCUT2D eigenvalue weighted by atomic mass is 19.4. The minimum Gasteiger partial charge on any atom is -0.460 e. The van der Waals surface area contributed by atoms with E-state index in [2.05, 4.69) is 11.7 Å². The van der Waals surface area contributed by atoms with Gasteiger partial charge in [-0.25, -0.2) is 4.79 Å². The van der Waals surface area contributed by atoms with E-state index in [1.165, 1.54) is 77.0 Å². The molecular formula is C34H54F8O8. The van der Waals surface area contributed by atoms with Crippen molar-refractivity contribution in [1.82, 2.24) is 0 Å². The van der Waals surface area contributed by atoms with Crippen molar-refractivity contribution in [2.75, 3.05) is 59.5 Å². The predicted molar refractivity (Wildman–Crippen MR) is 169 cm³/mol. The molecule has 0 N–H and O–H groups in total. The third kappa shape index (κ3) is 24.1. The summed E-state index contributed by atoms with van der Waals surface area (Å²) in [4.78, 5) is 34.4. The normalized spacial score (nSPS) is 13.2. The highest BCUT2D eigenvalue weighted by molar-refractivity contribution is 6.08. The molecule has 0 heterocycles. The van der Waals surface area contributed by atoms with E-state index < -0.39 is 48.1 Å². The van der Waals surface area contributed by atoms with Crippen molar-refractivity contribution in [3.63, 3.8) is 0 Å². The van der Waals surface area contributed by atoms with Crippen LogP contribution < -0.4 is 0 Å². The molecule has 0 bridgehead atoms. The first kappa shape index (κ1) is 47.8. The monoisotopic (exact) mass is 742 g/mol. The zero-order valence-electron chi connectivity index (χ0n) is 29.0. The van der Waals surface area contributed by atoms with Gasteiger partial charge in [-0.2, -0.15) is 35.1 Å². The van der Waals surface area contributed by atoms with Crippen LogP contribution in [0.15, 0.2) is 12.2 Å². The lowest BCUT2D eigenvalue weighted by atomic mass is 9.90. The third-order valence-corrected chi connectivity index (χ3v) is 7.43. The average Bonchev–Trinajstić information content (AvgIpc) is 3.04. The van der Waals surface area contributed by atoms with Crippen molar-refractivity contribution in [2.24, 2.45) is 5.92 Å². The highest BCUT2D eigenvalue weighted by Crippen LogP contribution is 2.40. The number of rotatable bonds is 33. The quantitative estimate of drug-likeness (QED) is 0.0217. The Bertz CT molecular complexity index is 926. The average molecular weight is 743 g/mol. The van der Waals surface area contributed by atoms with Crippen molar-refractivity contribution in [2.45, 2.75) is 122 Å². The molecular weight excluding hydrogens is 688 g/mol. The number of Topliss-reactive ketones (excluding diaryl/α,β-unsaturated/α-hetero) is 2. The Balaban J connectivity index is 3.74. The van der Waals surface area contributed by atoms with Gasteiger partial charge in [0.05, 0.1) is 52.2 Å². The summed E-state index contributed by atoms with van der Waals surface area (Å²) < 4.78 is 128. The van der Waals surface area contributed by atoms with E-state index in [0.29, 0.717) is 45.2 Å². The number of esters is 1. The Kier molecular flexibility index (Phi) is 27.2. The van der Waals surface area contributed by atoms with Gasteiger partial charge in [0, 0.05) is 12.7 Å². The SMILES string of the molecule is CCCCCCCCCCCCCCCCOCCOCCOCCOCCOC(=O)/C=C/CC(C(=O)C(F)(F)F)C(=O)C(F)(F)C(F)(F)F. The van der Waals surface area contributed by atoms with Crippen molar-refractivity contribution in [1.29, 1.82) is 0 Å². The number of unbranched alkanes of at least 4 members (excludes halogenated alkanes) is 13. The summed E-state index contributed by atoms with van der Waals surface area (Å²) >= 11 is 0. The maximum atomic E-state index is 13.3. The Hall–Kier alpha value is -2.17. The van der Waals surface area contributed by atoms with E-state index in [0.717, 1.165) is 12.8 Å². The molecule has 50 heavy (non-hydrogen) atoms. The minimum absolute atomic E-state index is 0.118. The second-order valence-electron chi connectivity index (χ2n) is 11.7. The smallest absolute Gasteiger partial charge is 0.460 e. The van der Waals surface area contributed by atoms with Crippen LogP contribution in [0.25, 0.3) is 0 Å². The molecule has 0 aromatic rings. The Labute approximate surface area is 289 Å². The number of ketones is 2. The van der Waals surface area contributed by atoms with E-state index in [1.807, 2.05) is 0 Å². The van der Waals surface area contributed by atoms with Gasteiger partial charge in [0.25, 0.3) is 0 Å². The van der Waals surface area contributed by atoms with E-state index in [4.69, 9.17) is 18.9 Å². The summed E-state index contributed by atoms with van der Waals surface area (Å²) in [6.07, 6.45) is 5.06. The Morgan fingerprint density at radius 3 is 1.30 bits per heavy atom. The molecule has 0 aromatic carbocycles. The van der Waals surface area contributed by atoms with Gasteiger partial charge in [-0.1, -0.05) is 96.5 Å². The summed E-state index contributed by atoms with van der Waals surface area (Å²) in [5.74, 6) is -17.2. The van der Waals surface area contributed by atoms with Crippen LogP contribution in [-0.2, 0) is 38.1 Å². The molecule has 0 aliphatic carbocycles. The number of halogens is 8. The largest absolute Gasteiger partial charge is 0.461 e. The Morgan fingerprint density at radius 2 is 0.900 bits per heavy atom.